The Morgan fingerprint density at radius 1 is 1.35 bits per heavy atom. The Labute approximate surface area is 131 Å². The van der Waals surface area contributed by atoms with Gasteiger partial charge in [0.15, 0.2) is 0 Å². The average Bonchev–Trinajstić information content (AvgIpc) is 2.84. The molecule has 0 fully saturated rings. The molecule has 2 rings (SSSR count). The molecule has 0 bridgehead atoms. The first kappa shape index (κ1) is 15.6. The van der Waals surface area contributed by atoms with Crippen molar-refractivity contribution < 1.29 is 9.52 Å². The van der Waals surface area contributed by atoms with Crippen LogP contribution in [0.2, 0.25) is 10.0 Å². The Morgan fingerprint density at radius 2 is 2.15 bits per heavy atom. The van der Waals surface area contributed by atoms with Crippen molar-refractivity contribution in [3.8, 4) is 0 Å². The second-order valence-corrected chi connectivity index (χ2v) is 6.02. The first-order valence-corrected chi connectivity index (χ1v) is 7.92. The number of hydrogen-bond donors (Lipinski definition) is 1. The van der Waals surface area contributed by atoms with Gasteiger partial charge in [-0.25, -0.2) is 0 Å². The molecule has 0 saturated heterocycles. The van der Waals surface area contributed by atoms with Crippen LogP contribution in [0, 0.1) is 0 Å². The van der Waals surface area contributed by atoms with Gasteiger partial charge in [0.1, 0.15) is 0 Å². The summed E-state index contributed by atoms with van der Waals surface area (Å²) in [6, 6.07) is 5.02. The SMILES string of the molecule is CCCc1nnc(SCC(O)c2ccc(Cl)cc2Cl)o1. The maximum absolute atomic E-state index is 10.1. The highest BCUT2D eigenvalue weighted by atomic mass is 35.5. The van der Waals surface area contributed by atoms with Crippen molar-refractivity contribution in [2.75, 3.05) is 5.75 Å². The molecule has 1 atom stereocenters. The molecule has 0 amide bonds. The molecule has 20 heavy (non-hydrogen) atoms. The first-order valence-electron chi connectivity index (χ1n) is 6.18. The molecule has 4 nitrogen and oxygen atoms in total. The van der Waals surface area contributed by atoms with Gasteiger partial charge in [-0.15, -0.1) is 10.2 Å². The van der Waals surface area contributed by atoms with E-state index in [1.165, 1.54) is 11.8 Å². The lowest BCUT2D eigenvalue weighted by atomic mass is 10.1. The summed E-state index contributed by atoms with van der Waals surface area (Å²) in [6.07, 6.45) is 1.00. The lowest BCUT2D eigenvalue weighted by Crippen LogP contribution is -2.01. The number of hydrogen-bond acceptors (Lipinski definition) is 5. The van der Waals surface area contributed by atoms with E-state index in [9.17, 15) is 5.11 Å². The quantitative estimate of drug-likeness (QED) is 0.805. The largest absolute Gasteiger partial charge is 0.416 e. The Morgan fingerprint density at radius 3 is 2.85 bits per heavy atom. The van der Waals surface area contributed by atoms with E-state index < -0.39 is 6.10 Å². The summed E-state index contributed by atoms with van der Waals surface area (Å²) in [5, 5.41) is 19.4. The summed E-state index contributed by atoms with van der Waals surface area (Å²) >= 11 is 13.2. The Hall–Kier alpha value is -0.750. The fourth-order valence-electron chi connectivity index (χ4n) is 1.62. The summed E-state index contributed by atoms with van der Waals surface area (Å²) in [5.74, 6) is 1.00. The standard InChI is InChI=1S/C13H14Cl2N2O2S/c1-2-3-12-16-17-13(19-12)20-7-11(18)9-5-4-8(14)6-10(9)15/h4-6,11,18H,2-3,7H2,1H3. The molecular formula is C13H14Cl2N2O2S. The van der Waals surface area contributed by atoms with Gasteiger partial charge in [-0.2, -0.15) is 0 Å². The molecule has 0 aliphatic heterocycles. The van der Waals surface area contributed by atoms with Crippen LogP contribution >= 0.6 is 35.0 Å². The Balaban J connectivity index is 1.95. The number of nitrogens with zero attached hydrogens (tertiary/aromatic N) is 2. The molecule has 1 aromatic carbocycles. The number of aryl methyl sites for hydroxylation is 1. The second-order valence-electron chi connectivity index (χ2n) is 4.20. The normalized spacial score (nSPS) is 12.6. The molecule has 7 heteroatoms. The molecule has 0 saturated carbocycles. The highest BCUT2D eigenvalue weighted by Gasteiger charge is 2.14. The smallest absolute Gasteiger partial charge is 0.276 e. The number of benzene rings is 1. The predicted molar refractivity (Wildman–Crippen MR) is 80.4 cm³/mol. The van der Waals surface area contributed by atoms with E-state index in [0.29, 0.717) is 32.5 Å². The van der Waals surface area contributed by atoms with E-state index in [-0.39, 0.29) is 0 Å². The van der Waals surface area contributed by atoms with Crippen LogP contribution in [-0.4, -0.2) is 21.1 Å². The van der Waals surface area contributed by atoms with E-state index in [1.807, 2.05) is 6.92 Å². The first-order chi connectivity index (χ1) is 9.60. The number of aliphatic hydroxyl groups excluding tert-OH is 1. The zero-order valence-corrected chi connectivity index (χ0v) is 13.2. The number of aliphatic hydroxyl groups is 1. The van der Waals surface area contributed by atoms with E-state index in [1.54, 1.807) is 18.2 Å². The third-order valence-corrected chi connectivity index (χ3v) is 4.06. The predicted octanol–water partition coefficient (Wildman–Crippen LogP) is 4.15. The van der Waals surface area contributed by atoms with Crippen LogP contribution in [-0.2, 0) is 6.42 Å². The van der Waals surface area contributed by atoms with Crippen molar-refractivity contribution in [2.45, 2.75) is 31.1 Å². The summed E-state index contributed by atoms with van der Waals surface area (Å²) in [7, 11) is 0. The van der Waals surface area contributed by atoms with E-state index in [4.69, 9.17) is 27.6 Å². The molecule has 0 spiro atoms. The van der Waals surface area contributed by atoms with Crippen LogP contribution in [0.25, 0.3) is 0 Å². The van der Waals surface area contributed by atoms with Crippen molar-refractivity contribution in [1.82, 2.24) is 10.2 Å². The molecule has 108 valence electrons. The number of rotatable bonds is 6. The minimum absolute atomic E-state index is 0.384. The van der Waals surface area contributed by atoms with Crippen LogP contribution in [0.15, 0.2) is 27.8 Å². The maximum Gasteiger partial charge on any atom is 0.276 e. The van der Waals surface area contributed by atoms with Gasteiger partial charge < -0.3 is 9.52 Å². The maximum atomic E-state index is 10.1. The third-order valence-electron chi connectivity index (χ3n) is 2.60. The average molecular weight is 333 g/mol. The van der Waals surface area contributed by atoms with Crippen LogP contribution in [0.1, 0.15) is 30.9 Å². The van der Waals surface area contributed by atoms with Crippen LogP contribution < -0.4 is 0 Å². The molecule has 0 aliphatic rings. The molecule has 0 radical (unpaired) electrons. The highest BCUT2D eigenvalue weighted by Crippen LogP contribution is 2.30. The Bertz CT molecular complexity index is 577. The summed E-state index contributed by atoms with van der Waals surface area (Å²) in [5.41, 5.74) is 0.636. The fourth-order valence-corrected chi connectivity index (χ4v) is 2.89. The van der Waals surface area contributed by atoms with Gasteiger partial charge in [-0.1, -0.05) is 48.0 Å². The van der Waals surface area contributed by atoms with Gasteiger partial charge in [0.05, 0.1) is 6.10 Å². The van der Waals surface area contributed by atoms with Gasteiger partial charge in [0.2, 0.25) is 5.89 Å². The summed E-state index contributed by atoms with van der Waals surface area (Å²) in [4.78, 5) is 0. The van der Waals surface area contributed by atoms with Crippen molar-refractivity contribution in [3.05, 3.63) is 39.7 Å². The van der Waals surface area contributed by atoms with Crippen molar-refractivity contribution >= 4 is 35.0 Å². The summed E-state index contributed by atoms with van der Waals surface area (Å²) < 4.78 is 5.44. The second kappa shape index (κ2) is 7.31. The molecule has 1 unspecified atom stereocenters. The lowest BCUT2D eigenvalue weighted by Gasteiger charge is -2.11. The molecule has 1 heterocycles. The summed E-state index contributed by atoms with van der Waals surface area (Å²) in [6.45, 7) is 2.04. The van der Waals surface area contributed by atoms with Crippen LogP contribution in [0.3, 0.4) is 0 Å². The van der Waals surface area contributed by atoms with Crippen molar-refractivity contribution in [2.24, 2.45) is 0 Å². The van der Waals surface area contributed by atoms with Gasteiger partial charge in [-0.05, 0) is 18.6 Å². The van der Waals surface area contributed by atoms with Gasteiger partial charge in [0.25, 0.3) is 5.22 Å². The molecule has 1 N–H and O–H groups in total. The number of thioether (sulfide) groups is 1. The van der Waals surface area contributed by atoms with E-state index in [0.717, 1.165) is 12.8 Å². The lowest BCUT2D eigenvalue weighted by molar-refractivity contribution is 0.204. The van der Waals surface area contributed by atoms with E-state index in [2.05, 4.69) is 10.2 Å². The van der Waals surface area contributed by atoms with Gasteiger partial charge >= 0.3 is 0 Å². The molecule has 0 aliphatic carbocycles. The molecule has 1 aromatic heterocycles. The topological polar surface area (TPSA) is 59.2 Å². The minimum atomic E-state index is -0.716. The Kier molecular flexibility index (Phi) is 5.72. The molecule has 2 aromatic rings. The number of halogens is 2. The van der Waals surface area contributed by atoms with Crippen molar-refractivity contribution in [1.29, 1.82) is 0 Å². The van der Waals surface area contributed by atoms with Gasteiger partial charge in [-0.3, -0.25) is 0 Å². The fraction of sp³-hybridized carbons (Fsp3) is 0.385. The zero-order chi connectivity index (χ0) is 14.5. The number of aromatic nitrogens is 2. The third kappa shape index (κ3) is 4.12. The van der Waals surface area contributed by atoms with Crippen LogP contribution in [0.5, 0.6) is 0 Å². The van der Waals surface area contributed by atoms with Crippen LogP contribution in [0.4, 0.5) is 0 Å². The minimum Gasteiger partial charge on any atom is -0.416 e. The zero-order valence-electron chi connectivity index (χ0n) is 10.8. The molecular weight excluding hydrogens is 319 g/mol. The van der Waals surface area contributed by atoms with Gasteiger partial charge in [0, 0.05) is 27.8 Å². The monoisotopic (exact) mass is 332 g/mol. The highest BCUT2D eigenvalue weighted by molar-refractivity contribution is 7.99. The van der Waals surface area contributed by atoms with E-state index >= 15 is 0 Å². The van der Waals surface area contributed by atoms with Crippen molar-refractivity contribution in [3.63, 3.8) is 0 Å².